The van der Waals surface area contributed by atoms with Gasteiger partial charge in [0.1, 0.15) is 5.75 Å². The first-order valence-corrected chi connectivity index (χ1v) is 6.51. The van der Waals surface area contributed by atoms with Crippen LogP contribution >= 0.6 is 0 Å². The molecule has 1 atom stereocenters. The molecule has 0 aliphatic heterocycles. The van der Waals surface area contributed by atoms with Crippen molar-refractivity contribution in [2.75, 3.05) is 20.8 Å². The molecule has 0 saturated heterocycles. The molecule has 0 radical (unpaired) electrons. The highest BCUT2D eigenvalue weighted by Gasteiger charge is 2.49. The quantitative estimate of drug-likeness (QED) is 0.841. The van der Waals surface area contributed by atoms with Gasteiger partial charge in [-0.25, -0.2) is 0 Å². The van der Waals surface area contributed by atoms with Gasteiger partial charge in [-0.15, -0.1) is 0 Å². The van der Waals surface area contributed by atoms with Gasteiger partial charge < -0.3 is 15.2 Å². The first-order valence-electron chi connectivity index (χ1n) is 6.51. The Morgan fingerprint density at radius 3 is 2.39 bits per heavy atom. The van der Waals surface area contributed by atoms with Crippen LogP contribution in [0.5, 0.6) is 5.75 Å². The Hall–Kier alpha value is -1.06. The van der Waals surface area contributed by atoms with E-state index >= 15 is 0 Å². The molecule has 2 rings (SSSR count). The zero-order valence-electron chi connectivity index (χ0n) is 11.7. The molecular weight excluding hydrogens is 226 g/mol. The van der Waals surface area contributed by atoms with Gasteiger partial charge in [-0.3, -0.25) is 0 Å². The molecule has 18 heavy (non-hydrogen) atoms. The lowest BCUT2D eigenvalue weighted by Gasteiger charge is -2.27. The van der Waals surface area contributed by atoms with Crippen LogP contribution in [0, 0.1) is 19.3 Å². The summed E-state index contributed by atoms with van der Waals surface area (Å²) in [6.07, 6.45) is 2.15. The van der Waals surface area contributed by atoms with Crippen molar-refractivity contribution in [3.8, 4) is 5.75 Å². The van der Waals surface area contributed by atoms with Crippen LogP contribution in [0.15, 0.2) is 12.1 Å². The summed E-state index contributed by atoms with van der Waals surface area (Å²) in [4.78, 5) is 0. The number of aliphatic hydroxyl groups excluding tert-OH is 1. The van der Waals surface area contributed by atoms with Crippen molar-refractivity contribution in [3.05, 3.63) is 28.8 Å². The van der Waals surface area contributed by atoms with Gasteiger partial charge in [0, 0.05) is 17.0 Å². The number of methoxy groups -OCH3 is 1. The van der Waals surface area contributed by atoms with Crippen LogP contribution in [-0.2, 0) is 0 Å². The molecule has 1 aromatic carbocycles. The van der Waals surface area contributed by atoms with Gasteiger partial charge in [0.25, 0.3) is 0 Å². The second kappa shape index (κ2) is 4.90. The summed E-state index contributed by atoms with van der Waals surface area (Å²) in [5.74, 6) is 0.914. The van der Waals surface area contributed by atoms with Crippen LogP contribution in [-0.4, -0.2) is 25.9 Å². The van der Waals surface area contributed by atoms with E-state index in [0.29, 0.717) is 0 Å². The molecule has 2 N–H and O–H groups in total. The number of benzene rings is 1. The van der Waals surface area contributed by atoms with Gasteiger partial charge in [-0.2, -0.15) is 0 Å². The van der Waals surface area contributed by atoms with Crippen LogP contribution in [0.4, 0.5) is 0 Å². The number of nitrogens with one attached hydrogen (secondary N) is 1. The van der Waals surface area contributed by atoms with Gasteiger partial charge in [0.05, 0.1) is 13.7 Å². The van der Waals surface area contributed by atoms with Crippen molar-refractivity contribution >= 4 is 0 Å². The number of hydrogen-bond donors (Lipinski definition) is 2. The van der Waals surface area contributed by atoms with Gasteiger partial charge >= 0.3 is 0 Å². The first kappa shape index (κ1) is 13.4. The minimum atomic E-state index is 0.00370. The highest BCUT2D eigenvalue weighted by Crippen LogP contribution is 2.55. The van der Waals surface area contributed by atoms with Gasteiger partial charge in [-0.05, 0) is 50.9 Å². The molecule has 0 heterocycles. The van der Waals surface area contributed by atoms with E-state index in [0.717, 1.165) is 24.2 Å². The fourth-order valence-electron chi connectivity index (χ4n) is 2.70. The third kappa shape index (κ3) is 2.13. The maximum absolute atomic E-state index is 9.63. The van der Waals surface area contributed by atoms with Crippen molar-refractivity contribution in [2.45, 2.75) is 32.7 Å². The Morgan fingerprint density at radius 2 is 1.94 bits per heavy atom. The SMILES string of the molecule is CNC(c1cc(C)c(C)cc1OC)C1(CO)CC1. The maximum atomic E-state index is 9.63. The summed E-state index contributed by atoms with van der Waals surface area (Å²) in [6, 6.07) is 4.44. The number of aliphatic hydroxyl groups is 1. The zero-order chi connectivity index (χ0) is 13.3. The van der Waals surface area contributed by atoms with E-state index in [4.69, 9.17) is 4.74 Å². The van der Waals surface area contributed by atoms with Gasteiger partial charge in [0.15, 0.2) is 0 Å². The summed E-state index contributed by atoms with van der Waals surface area (Å²) in [5.41, 5.74) is 3.66. The maximum Gasteiger partial charge on any atom is 0.123 e. The minimum Gasteiger partial charge on any atom is -0.496 e. The molecule has 0 spiro atoms. The molecular formula is C15H23NO2. The molecule has 1 fully saturated rings. The molecule has 1 aliphatic carbocycles. The fraction of sp³-hybridized carbons (Fsp3) is 0.600. The summed E-state index contributed by atoms with van der Waals surface area (Å²) >= 11 is 0. The largest absolute Gasteiger partial charge is 0.496 e. The smallest absolute Gasteiger partial charge is 0.123 e. The number of ether oxygens (including phenoxy) is 1. The Morgan fingerprint density at radius 1 is 1.33 bits per heavy atom. The van der Waals surface area contributed by atoms with Gasteiger partial charge in [-0.1, -0.05) is 6.07 Å². The number of rotatable bonds is 5. The first-order chi connectivity index (χ1) is 8.57. The summed E-state index contributed by atoms with van der Waals surface area (Å²) in [7, 11) is 3.66. The average molecular weight is 249 g/mol. The van der Waals surface area contributed by atoms with Crippen molar-refractivity contribution in [1.82, 2.24) is 5.32 Å². The second-order valence-electron chi connectivity index (χ2n) is 5.42. The van der Waals surface area contributed by atoms with Crippen molar-refractivity contribution in [3.63, 3.8) is 0 Å². The Kier molecular flexibility index (Phi) is 3.64. The van der Waals surface area contributed by atoms with Crippen LogP contribution < -0.4 is 10.1 Å². The van der Waals surface area contributed by atoms with E-state index in [1.54, 1.807) is 7.11 Å². The Balaban J connectivity index is 2.45. The van der Waals surface area contributed by atoms with E-state index in [9.17, 15) is 5.11 Å². The molecule has 1 saturated carbocycles. The molecule has 1 aliphatic rings. The van der Waals surface area contributed by atoms with E-state index < -0.39 is 0 Å². The summed E-state index contributed by atoms with van der Waals surface area (Å²) in [6.45, 7) is 4.44. The van der Waals surface area contributed by atoms with Crippen molar-refractivity contribution in [2.24, 2.45) is 5.41 Å². The van der Waals surface area contributed by atoms with Crippen LogP contribution in [0.1, 0.15) is 35.6 Å². The van der Waals surface area contributed by atoms with Crippen LogP contribution in [0.25, 0.3) is 0 Å². The molecule has 1 unspecified atom stereocenters. The van der Waals surface area contributed by atoms with Crippen LogP contribution in [0.2, 0.25) is 0 Å². The van der Waals surface area contributed by atoms with E-state index in [1.165, 1.54) is 11.1 Å². The van der Waals surface area contributed by atoms with Gasteiger partial charge in [0.2, 0.25) is 0 Å². The molecule has 100 valence electrons. The molecule has 3 nitrogen and oxygen atoms in total. The second-order valence-corrected chi connectivity index (χ2v) is 5.42. The van der Waals surface area contributed by atoms with Crippen molar-refractivity contribution < 1.29 is 9.84 Å². The highest BCUT2D eigenvalue weighted by molar-refractivity contribution is 5.45. The lowest BCUT2D eigenvalue weighted by Crippen LogP contribution is -2.29. The Labute approximate surface area is 109 Å². The standard InChI is InChI=1S/C15H23NO2/c1-10-7-12(13(18-4)8-11(10)2)14(16-3)15(9-17)5-6-15/h7-8,14,16-17H,5-6,9H2,1-4H3. The monoisotopic (exact) mass is 249 g/mol. The van der Waals surface area contributed by atoms with Crippen LogP contribution in [0.3, 0.4) is 0 Å². The minimum absolute atomic E-state index is 0.00370. The number of hydrogen-bond acceptors (Lipinski definition) is 3. The highest BCUT2D eigenvalue weighted by atomic mass is 16.5. The lowest BCUT2D eigenvalue weighted by molar-refractivity contribution is 0.174. The molecule has 1 aromatic rings. The molecule has 0 amide bonds. The third-order valence-electron chi connectivity index (χ3n) is 4.27. The molecule has 3 heteroatoms. The predicted octanol–water partition coefficient (Wildman–Crippen LogP) is 2.35. The summed E-state index contributed by atoms with van der Waals surface area (Å²) in [5, 5.41) is 13.0. The van der Waals surface area contributed by atoms with Crippen molar-refractivity contribution in [1.29, 1.82) is 0 Å². The fourth-order valence-corrected chi connectivity index (χ4v) is 2.70. The lowest BCUT2D eigenvalue weighted by atomic mass is 9.88. The Bertz CT molecular complexity index is 438. The molecule has 0 aromatic heterocycles. The predicted molar refractivity (Wildman–Crippen MR) is 73.0 cm³/mol. The van der Waals surface area contributed by atoms with E-state index in [-0.39, 0.29) is 18.1 Å². The van der Waals surface area contributed by atoms with E-state index in [2.05, 4.69) is 31.3 Å². The topological polar surface area (TPSA) is 41.5 Å². The normalized spacial score (nSPS) is 18.5. The average Bonchev–Trinajstić information content (AvgIpc) is 3.15. The third-order valence-corrected chi connectivity index (χ3v) is 4.27. The number of aryl methyl sites for hydroxylation is 2. The van der Waals surface area contributed by atoms with E-state index in [1.807, 2.05) is 7.05 Å². The molecule has 0 bridgehead atoms. The zero-order valence-corrected chi connectivity index (χ0v) is 11.7. The summed E-state index contributed by atoms with van der Waals surface area (Å²) < 4.78 is 5.51.